The van der Waals surface area contributed by atoms with Crippen molar-refractivity contribution in [2.24, 2.45) is 0 Å². The molecule has 184 valence electrons. The second-order valence-electron chi connectivity index (χ2n) is 9.29. The summed E-state index contributed by atoms with van der Waals surface area (Å²) < 4.78 is 24.9. The van der Waals surface area contributed by atoms with Gasteiger partial charge in [-0.05, 0) is 56.7 Å². The Balaban J connectivity index is 1.51. The van der Waals surface area contributed by atoms with Crippen LogP contribution in [0.3, 0.4) is 0 Å². The van der Waals surface area contributed by atoms with E-state index in [2.05, 4.69) is 26.2 Å². The number of unbranched alkanes of at least 4 members (excludes halogenated alkanes) is 3. The molecule has 8 nitrogen and oxygen atoms in total. The van der Waals surface area contributed by atoms with E-state index in [1.807, 2.05) is 26.1 Å². The summed E-state index contributed by atoms with van der Waals surface area (Å²) in [5.41, 5.74) is 2.24. The summed E-state index contributed by atoms with van der Waals surface area (Å²) in [5.74, 6) is 1.11. The number of benzene rings is 1. The third-order valence-corrected chi connectivity index (χ3v) is 6.59. The summed E-state index contributed by atoms with van der Waals surface area (Å²) in [6.07, 6.45) is 8.21. The van der Waals surface area contributed by atoms with Gasteiger partial charge in [0.1, 0.15) is 11.3 Å². The van der Waals surface area contributed by atoms with Gasteiger partial charge >= 0.3 is 5.63 Å². The summed E-state index contributed by atoms with van der Waals surface area (Å²) in [4.78, 5) is 12.4. The van der Waals surface area contributed by atoms with Gasteiger partial charge in [0.05, 0.1) is 26.5 Å². The number of rotatable bonds is 11. The Labute approximate surface area is 207 Å². The lowest BCUT2D eigenvalue weighted by atomic mass is 9.92. The predicted octanol–water partition coefficient (Wildman–Crippen LogP) is 5.02. The molecule has 0 aliphatic carbocycles. The maximum Gasteiger partial charge on any atom is 0.336 e. The fourth-order valence-electron chi connectivity index (χ4n) is 4.23. The van der Waals surface area contributed by atoms with Gasteiger partial charge in [-0.2, -0.15) is 0 Å². The first-order valence-electron chi connectivity index (χ1n) is 11.8. The Morgan fingerprint density at radius 3 is 2.82 bits per heavy atom. The van der Waals surface area contributed by atoms with Crippen molar-refractivity contribution in [1.82, 2.24) is 15.0 Å². The van der Waals surface area contributed by atoms with Crippen molar-refractivity contribution < 1.29 is 18.6 Å². The average Bonchev–Trinajstić information content (AvgIpc) is 3.24. The standard InChI is InChI=1S/C25H32BrN3O5/c1-25(2)9-8-17-12-20-18(13-21(30)33-23(20)24(31-3)22(17)34-25)14-29-15-19(27-28-29)16-32-11-7-5-4-6-10-26/h12-13,15H,4-11,14,16H2,1-3H3. The van der Waals surface area contributed by atoms with Crippen LogP contribution in [0.1, 0.15) is 62.8 Å². The highest BCUT2D eigenvalue weighted by atomic mass is 79.9. The van der Waals surface area contributed by atoms with Gasteiger partial charge in [0, 0.05) is 23.4 Å². The molecule has 3 aromatic rings. The zero-order valence-electron chi connectivity index (χ0n) is 20.1. The molecule has 0 saturated heterocycles. The van der Waals surface area contributed by atoms with Gasteiger partial charge in [-0.1, -0.05) is 34.0 Å². The molecular weight excluding hydrogens is 502 g/mol. The molecule has 1 aromatic carbocycles. The maximum atomic E-state index is 12.4. The Kier molecular flexibility index (Phi) is 7.93. The van der Waals surface area contributed by atoms with Gasteiger partial charge in [0.15, 0.2) is 11.3 Å². The quantitative estimate of drug-likeness (QED) is 0.194. The molecule has 1 aliphatic heterocycles. The Morgan fingerprint density at radius 2 is 2.03 bits per heavy atom. The van der Waals surface area contributed by atoms with E-state index in [1.165, 1.54) is 18.9 Å². The highest BCUT2D eigenvalue weighted by Crippen LogP contribution is 2.45. The molecule has 0 spiro atoms. The zero-order valence-corrected chi connectivity index (χ0v) is 21.6. The van der Waals surface area contributed by atoms with E-state index < -0.39 is 5.63 Å². The van der Waals surface area contributed by atoms with E-state index >= 15 is 0 Å². The summed E-state index contributed by atoms with van der Waals surface area (Å²) in [6.45, 7) is 5.61. The minimum Gasteiger partial charge on any atom is -0.490 e. The van der Waals surface area contributed by atoms with Crippen molar-refractivity contribution in [2.45, 2.75) is 71.1 Å². The van der Waals surface area contributed by atoms with E-state index in [0.29, 0.717) is 36.8 Å². The number of nitrogens with zero attached hydrogens (tertiary/aromatic N) is 3. The summed E-state index contributed by atoms with van der Waals surface area (Å²) in [6, 6.07) is 3.55. The number of hydrogen-bond acceptors (Lipinski definition) is 7. The number of alkyl halides is 1. The van der Waals surface area contributed by atoms with E-state index in [0.717, 1.165) is 53.2 Å². The van der Waals surface area contributed by atoms with E-state index in [9.17, 15) is 4.79 Å². The molecule has 34 heavy (non-hydrogen) atoms. The zero-order chi connectivity index (χ0) is 24.1. The number of fused-ring (bicyclic) bond motifs is 2. The minimum absolute atomic E-state index is 0.307. The molecule has 3 heterocycles. The molecule has 4 rings (SSSR count). The second kappa shape index (κ2) is 10.9. The normalized spacial score (nSPS) is 14.7. The molecule has 0 saturated carbocycles. The van der Waals surface area contributed by atoms with Crippen molar-refractivity contribution in [3.05, 3.63) is 45.6 Å². The van der Waals surface area contributed by atoms with Gasteiger partial charge in [-0.25, -0.2) is 9.48 Å². The van der Waals surface area contributed by atoms with Gasteiger partial charge in [0.25, 0.3) is 0 Å². The fraction of sp³-hybridized carbons (Fsp3) is 0.560. The molecule has 0 bridgehead atoms. The number of aromatic nitrogens is 3. The van der Waals surface area contributed by atoms with Crippen LogP contribution >= 0.6 is 15.9 Å². The first kappa shape index (κ1) is 24.7. The monoisotopic (exact) mass is 533 g/mol. The van der Waals surface area contributed by atoms with Crippen LogP contribution in [0.4, 0.5) is 0 Å². The molecule has 0 N–H and O–H groups in total. The Bertz CT molecular complexity index is 1190. The first-order chi connectivity index (χ1) is 16.4. The van der Waals surface area contributed by atoms with E-state index in [-0.39, 0.29) is 5.60 Å². The Morgan fingerprint density at radius 1 is 1.21 bits per heavy atom. The number of methoxy groups -OCH3 is 1. The number of halogens is 1. The number of hydrogen-bond donors (Lipinski definition) is 0. The SMILES string of the molecule is COc1c2c(cc3c(Cn4cc(COCCCCCCBr)nn4)cc(=O)oc13)CCC(C)(C)O2. The molecule has 9 heteroatoms. The van der Waals surface area contributed by atoms with Crippen LogP contribution in [-0.4, -0.2) is 39.6 Å². The predicted molar refractivity (Wildman–Crippen MR) is 133 cm³/mol. The molecule has 0 unspecified atom stereocenters. The van der Waals surface area contributed by atoms with Crippen LogP contribution in [0.5, 0.6) is 11.5 Å². The molecule has 0 atom stereocenters. The van der Waals surface area contributed by atoms with E-state index in [4.69, 9.17) is 18.6 Å². The maximum absolute atomic E-state index is 12.4. The number of aryl methyl sites for hydroxylation is 1. The van der Waals surface area contributed by atoms with Crippen molar-refractivity contribution in [3.8, 4) is 11.5 Å². The van der Waals surface area contributed by atoms with Crippen LogP contribution in [0.2, 0.25) is 0 Å². The smallest absolute Gasteiger partial charge is 0.336 e. The molecule has 0 fully saturated rings. The first-order valence-corrected chi connectivity index (χ1v) is 12.9. The highest BCUT2D eigenvalue weighted by Gasteiger charge is 2.31. The van der Waals surface area contributed by atoms with Crippen LogP contribution < -0.4 is 15.1 Å². The lowest BCUT2D eigenvalue weighted by Gasteiger charge is -2.33. The van der Waals surface area contributed by atoms with Crippen molar-refractivity contribution in [2.75, 3.05) is 19.0 Å². The molecule has 2 aromatic heterocycles. The topological polar surface area (TPSA) is 88.6 Å². The largest absolute Gasteiger partial charge is 0.490 e. The van der Waals surface area contributed by atoms with Crippen molar-refractivity contribution in [1.29, 1.82) is 0 Å². The van der Waals surface area contributed by atoms with Gasteiger partial charge in [0.2, 0.25) is 5.75 Å². The lowest BCUT2D eigenvalue weighted by molar-refractivity contribution is 0.0806. The van der Waals surface area contributed by atoms with Gasteiger partial charge < -0.3 is 18.6 Å². The lowest BCUT2D eigenvalue weighted by Crippen LogP contribution is -2.32. The fourth-order valence-corrected chi connectivity index (χ4v) is 4.63. The van der Waals surface area contributed by atoms with Crippen LogP contribution in [0.15, 0.2) is 27.5 Å². The summed E-state index contributed by atoms with van der Waals surface area (Å²) in [5, 5.41) is 10.3. The molecular formula is C25H32BrN3O5. The van der Waals surface area contributed by atoms with Crippen LogP contribution in [0.25, 0.3) is 11.0 Å². The molecule has 1 aliphatic rings. The summed E-state index contributed by atoms with van der Waals surface area (Å²) >= 11 is 3.45. The van der Waals surface area contributed by atoms with E-state index in [1.54, 1.807) is 11.8 Å². The molecule has 0 radical (unpaired) electrons. The number of ether oxygens (including phenoxy) is 3. The Hall–Kier alpha value is -2.39. The second-order valence-corrected chi connectivity index (χ2v) is 10.1. The van der Waals surface area contributed by atoms with Crippen molar-refractivity contribution in [3.63, 3.8) is 0 Å². The van der Waals surface area contributed by atoms with Gasteiger partial charge in [-0.15, -0.1) is 5.10 Å². The summed E-state index contributed by atoms with van der Waals surface area (Å²) in [7, 11) is 1.57. The van der Waals surface area contributed by atoms with Gasteiger partial charge in [-0.3, -0.25) is 0 Å². The third kappa shape index (κ3) is 5.81. The van der Waals surface area contributed by atoms with Crippen LogP contribution in [-0.2, 0) is 24.3 Å². The van der Waals surface area contributed by atoms with Crippen molar-refractivity contribution >= 4 is 26.9 Å². The minimum atomic E-state index is -0.445. The molecule has 0 amide bonds. The highest BCUT2D eigenvalue weighted by molar-refractivity contribution is 9.09. The van der Waals surface area contributed by atoms with Crippen LogP contribution in [0, 0.1) is 0 Å². The average molecular weight is 534 g/mol. The third-order valence-electron chi connectivity index (χ3n) is 6.03.